The van der Waals surface area contributed by atoms with Crippen molar-refractivity contribution in [2.24, 2.45) is 0 Å². The summed E-state index contributed by atoms with van der Waals surface area (Å²) in [7, 11) is 6.06. The maximum atomic E-state index is 4.79. The lowest BCUT2D eigenvalue weighted by atomic mass is 10.1. The lowest BCUT2D eigenvalue weighted by Crippen LogP contribution is -2.59. The smallest absolute Gasteiger partial charge is 0.178 e. The van der Waals surface area contributed by atoms with Crippen molar-refractivity contribution >= 4 is 23.1 Å². The molecule has 5 rings (SSSR count). The van der Waals surface area contributed by atoms with Gasteiger partial charge in [-0.3, -0.25) is 0 Å². The van der Waals surface area contributed by atoms with Crippen LogP contribution in [0.5, 0.6) is 0 Å². The van der Waals surface area contributed by atoms with Gasteiger partial charge in [-0.25, -0.2) is 9.97 Å². The fourth-order valence-electron chi connectivity index (χ4n) is 3.41. The van der Waals surface area contributed by atoms with E-state index in [0.29, 0.717) is 12.0 Å². The van der Waals surface area contributed by atoms with E-state index in [1.807, 2.05) is 41.7 Å². The van der Waals surface area contributed by atoms with Gasteiger partial charge in [0.15, 0.2) is 11.5 Å². The fourth-order valence-corrected chi connectivity index (χ4v) is 3.41. The molecule has 0 bridgehead atoms. The molecule has 1 aliphatic carbocycles. The SMILES string of the molecule is CN(C)c1cc(N(C)C2CN(c3ccc4nnc(C5CC5)n4n3)C2)ncn1. The Morgan fingerprint density at radius 3 is 2.52 bits per heavy atom. The normalized spacial score (nSPS) is 17.2. The molecule has 0 amide bonds. The molecule has 1 aliphatic heterocycles. The minimum atomic E-state index is 0.399. The molecule has 0 radical (unpaired) electrons. The molecule has 3 aromatic rings. The number of anilines is 3. The minimum Gasteiger partial charge on any atom is -0.363 e. The van der Waals surface area contributed by atoms with Crippen molar-refractivity contribution in [3.05, 3.63) is 30.4 Å². The highest BCUT2D eigenvalue weighted by Crippen LogP contribution is 2.39. The molecule has 0 atom stereocenters. The van der Waals surface area contributed by atoms with Crippen LogP contribution >= 0.6 is 0 Å². The topological polar surface area (TPSA) is 78.6 Å². The van der Waals surface area contributed by atoms with E-state index in [-0.39, 0.29) is 0 Å². The Labute approximate surface area is 157 Å². The summed E-state index contributed by atoms with van der Waals surface area (Å²) < 4.78 is 1.91. The Morgan fingerprint density at radius 2 is 1.78 bits per heavy atom. The van der Waals surface area contributed by atoms with Gasteiger partial charge >= 0.3 is 0 Å². The molecule has 0 N–H and O–H groups in total. The Balaban J connectivity index is 1.31. The Bertz CT molecular complexity index is 972. The molecular weight excluding hydrogens is 342 g/mol. The third-order valence-electron chi connectivity index (χ3n) is 5.41. The zero-order chi connectivity index (χ0) is 18.5. The monoisotopic (exact) mass is 365 g/mol. The summed E-state index contributed by atoms with van der Waals surface area (Å²) in [5.41, 5.74) is 0.826. The molecule has 4 heterocycles. The second kappa shape index (κ2) is 6.04. The van der Waals surface area contributed by atoms with E-state index in [2.05, 4.69) is 37.0 Å². The van der Waals surface area contributed by atoms with Crippen molar-refractivity contribution in [3.8, 4) is 0 Å². The van der Waals surface area contributed by atoms with Crippen molar-refractivity contribution in [2.75, 3.05) is 48.9 Å². The predicted molar refractivity (Wildman–Crippen MR) is 104 cm³/mol. The summed E-state index contributed by atoms with van der Waals surface area (Å²) >= 11 is 0. The first-order chi connectivity index (χ1) is 13.1. The van der Waals surface area contributed by atoms with Gasteiger partial charge in [0.2, 0.25) is 0 Å². The quantitative estimate of drug-likeness (QED) is 0.667. The second-order valence-electron chi connectivity index (χ2n) is 7.59. The predicted octanol–water partition coefficient (Wildman–Crippen LogP) is 1.18. The molecule has 1 saturated carbocycles. The number of hydrogen-bond donors (Lipinski definition) is 0. The van der Waals surface area contributed by atoms with Crippen molar-refractivity contribution in [2.45, 2.75) is 24.8 Å². The molecule has 9 heteroatoms. The third-order valence-corrected chi connectivity index (χ3v) is 5.41. The fraction of sp³-hybridized carbons (Fsp3) is 0.500. The van der Waals surface area contributed by atoms with E-state index >= 15 is 0 Å². The van der Waals surface area contributed by atoms with Crippen molar-refractivity contribution in [1.29, 1.82) is 0 Å². The number of fused-ring (bicyclic) bond motifs is 1. The lowest BCUT2D eigenvalue weighted by Gasteiger charge is -2.45. The third kappa shape index (κ3) is 2.83. The molecule has 2 aliphatic rings. The summed E-state index contributed by atoms with van der Waals surface area (Å²) in [4.78, 5) is 15.2. The van der Waals surface area contributed by atoms with Gasteiger partial charge in [-0.05, 0) is 25.0 Å². The maximum Gasteiger partial charge on any atom is 0.178 e. The van der Waals surface area contributed by atoms with Crippen molar-refractivity contribution < 1.29 is 0 Å². The first kappa shape index (κ1) is 16.2. The van der Waals surface area contributed by atoms with Crippen LogP contribution < -0.4 is 14.7 Å². The maximum absolute atomic E-state index is 4.79. The average molecular weight is 365 g/mol. The van der Waals surface area contributed by atoms with Gasteiger partial charge in [-0.1, -0.05) is 0 Å². The first-order valence-corrected chi connectivity index (χ1v) is 9.29. The van der Waals surface area contributed by atoms with Crippen LogP contribution in [0.25, 0.3) is 5.65 Å². The largest absolute Gasteiger partial charge is 0.363 e. The molecule has 2 fully saturated rings. The van der Waals surface area contributed by atoms with Crippen LogP contribution in [-0.4, -0.2) is 70.1 Å². The van der Waals surface area contributed by atoms with Crippen LogP contribution in [0.3, 0.4) is 0 Å². The van der Waals surface area contributed by atoms with Crippen LogP contribution in [0, 0.1) is 0 Å². The Morgan fingerprint density at radius 1 is 1.00 bits per heavy atom. The van der Waals surface area contributed by atoms with Crippen LogP contribution in [0.4, 0.5) is 17.5 Å². The zero-order valence-corrected chi connectivity index (χ0v) is 15.8. The highest BCUT2D eigenvalue weighted by atomic mass is 15.4. The number of rotatable bonds is 5. The highest BCUT2D eigenvalue weighted by molar-refractivity contribution is 5.53. The second-order valence-corrected chi connectivity index (χ2v) is 7.59. The molecule has 9 nitrogen and oxygen atoms in total. The van der Waals surface area contributed by atoms with Crippen LogP contribution in [0.1, 0.15) is 24.6 Å². The van der Waals surface area contributed by atoms with Crippen LogP contribution in [0.15, 0.2) is 24.5 Å². The molecule has 0 unspecified atom stereocenters. The summed E-state index contributed by atoms with van der Waals surface area (Å²) in [6.07, 6.45) is 4.01. The summed E-state index contributed by atoms with van der Waals surface area (Å²) in [5.74, 6) is 4.36. The minimum absolute atomic E-state index is 0.399. The Kier molecular flexibility index (Phi) is 3.63. The van der Waals surface area contributed by atoms with Gasteiger partial charge in [-0.2, -0.15) is 4.52 Å². The van der Waals surface area contributed by atoms with Crippen molar-refractivity contribution in [3.63, 3.8) is 0 Å². The van der Waals surface area contributed by atoms with E-state index in [1.165, 1.54) is 12.8 Å². The summed E-state index contributed by atoms with van der Waals surface area (Å²) in [5, 5.41) is 13.3. The molecule has 27 heavy (non-hydrogen) atoms. The van der Waals surface area contributed by atoms with Crippen LogP contribution in [0.2, 0.25) is 0 Å². The first-order valence-electron chi connectivity index (χ1n) is 9.29. The Hall–Kier alpha value is -2.97. The van der Waals surface area contributed by atoms with E-state index in [1.54, 1.807) is 6.33 Å². The van der Waals surface area contributed by atoms with Gasteiger partial charge in [0.25, 0.3) is 0 Å². The molecular formula is C18H23N9. The number of nitrogens with zero attached hydrogens (tertiary/aromatic N) is 9. The number of aromatic nitrogens is 6. The van der Waals surface area contributed by atoms with Gasteiger partial charge < -0.3 is 14.7 Å². The van der Waals surface area contributed by atoms with Crippen LogP contribution in [-0.2, 0) is 0 Å². The molecule has 0 aromatic carbocycles. The van der Waals surface area contributed by atoms with E-state index in [4.69, 9.17) is 5.10 Å². The highest BCUT2D eigenvalue weighted by Gasteiger charge is 2.33. The van der Waals surface area contributed by atoms with E-state index in [9.17, 15) is 0 Å². The lowest BCUT2D eigenvalue weighted by molar-refractivity contribution is 0.486. The van der Waals surface area contributed by atoms with Gasteiger partial charge in [0, 0.05) is 46.2 Å². The van der Waals surface area contributed by atoms with Crippen molar-refractivity contribution in [1.82, 2.24) is 29.8 Å². The molecule has 140 valence electrons. The average Bonchev–Trinajstić information content (AvgIpc) is 3.40. The van der Waals surface area contributed by atoms with Gasteiger partial charge in [0.1, 0.15) is 23.8 Å². The number of likely N-dealkylation sites (N-methyl/N-ethyl adjacent to an activating group) is 1. The zero-order valence-electron chi connectivity index (χ0n) is 15.8. The summed E-state index contributed by atoms with van der Waals surface area (Å²) in [6.45, 7) is 1.83. The van der Waals surface area contributed by atoms with Gasteiger partial charge in [-0.15, -0.1) is 15.3 Å². The summed E-state index contributed by atoms with van der Waals surface area (Å²) in [6, 6.07) is 6.46. The molecule has 1 saturated heterocycles. The standard InChI is InChI=1S/C18H23N9/c1-24(2)16-8-17(20-11-19-16)25(3)13-9-26(10-13)15-7-6-14-21-22-18(12-4-5-12)27(14)23-15/h6-8,11-13H,4-5,9-10H2,1-3H3. The van der Waals surface area contributed by atoms with E-state index in [0.717, 1.165) is 42.0 Å². The number of hydrogen-bond acceptors (Lipinski definition) is 8. The molecule has 3 aromatic heterocycles. The molecule has 0 spiro atoms. The van der Waals surface area contributed by atoms with Gasteiger partial charge in [0.05, 0.1) is 6.04 Å². The van der Waals surface area contributed by atoms with E-state index < -0.39 is 0 Å².